The summed E-state index contributed by atoms with van der Waals surface area (Å²) in [4.78, 5) is 11.9. The summed E-state index contributed by atoms with van der Waals surface area (Å²) in [6, 6.07) is 14.2. The van der Waals surface area contributed by atoms with Gasteiger partial charge >= 0.3 is 0 Å². The highest BCUT2D eigenvalue weighted by molar-refractivity contribution is 5.81. The Bertz CT molecular complexity index is 752. The van der Waals surface area contributed by atoms with Crippen LogP contribution in [0.1, 0.15) is 26.3 Å². The van der Waals surface area contributed by atoms with Crippen molar-refractivity contribution in [3.05, 3.63) is 48.0 Å². The van der Waals surface area contributed by atoms with E-state index in [1.807, 2.05) is 51.1 Å². The number of ether oxygens (including phenoxy) is 2. The van der Waals surface area contributed by atoms with Gasteiger partial charge in [-0.05, 0) is 28.8 Å². The van der Waals surface area contributed by atoms with Crippen molar-refractivity contribution in [2.45, 2.75) is 27.3 Å². The van der Waals surface area contributed by atoms with E-state index in [1.54, 1.807) is 14.2 Å². The molecular formula is C22H30N2O3. The molecule has 0 aromatic heterocycles. The van der Waals surface area contributed by atoms with E-state index in [9.17, 15) is 4.79 Å². The highest BCUT2D eigenvalue weighted by atomic mass is 16.5. The number of hydrogen-bond acceptors (Lipinski definition) is 4. The minimum atomic E-state index is -0.371. The molecular weight excluding hydrogens is 340 g/mol. The van der Waals surface area contributed by atoms with Crippen LogP contribution < -0.4 is 20.1 Å². The van der Waals surface area contributed by atoms with Gasteiger partial charge in [-0.25, -0.2) is 0 Å². The molecule has 0 bridgehead atoms. The quantitative estimate of drug-likeness (QED) is 0.697. The third-order valence-corrected chi connectivity index (χ3v) is 4.28. The van der Waals surface area contributed by atoms with Crippen molar-refractivity contribution in [3.63, 3.8) is 0 Å². The molecule has 1 amide bonds. The van der Waals surface area contributed by atoms with Gasteiger partial charge in [-0.2, -0.15) is 0 Å². The molecule has 2 aromatic carbocycles. The number of rotatable bonds is 8. The zero-order valence-electron chi connectivity index (χ0n) is 16.9. The Kier molecular flexibility index (Phi) is 7.25. The second-order valence-corrected chi connectivity index (χ2v) is 7.41. The lowest BCUT2D eigenvalue weighted by molar-refractivity contribution is -0.128. The summed E-state index contributed by atoms with van der Waals surface area (Å²) in [5, 5.41) is 6.35. The molecule has 0 aliphatic rings. The van der Waals surface area contributed by atoms with Crippen LogP contribution in [0.15, 0.2) is 42.5 Å². The molecule has 146 valence electrons. The van der Waals surface area contributed by atoms with Crippen LogP contribution in [0.2, 0.25) is 0 Å². The Labute approximate surface area is 162 Å². The van der Waals surface area contributed by atoms with Crippen molar-refractivity contribution < 1.29 is 14.3 Å². The van der Waals surface area contributed by atoms with Gasteiger partial charge < -0.3 is 20.1 Å². The van der Waals surface area contributed by atoms with Crippen LogP contribution in [0, 0.1) is 5.41 Å². The summed E-state index contributed by atoms with van der Waals surface area (Å²) >= 11 is 0. The molecule has 27 heavy (non-hydrogen) atoms. The fourth-order valence-corrected chi connectivity index (χ4v) is 2.71. The fraction of sp³-hybridized carbons (Fsp3) is 0.409. The maximum Gasteiger partial charge on any atom is 0.225 e. The minimum absolute atomic E-state index is 0.0559. The first kappa shape index (κ1) is 20.8. The molecule has 5 nitrogen and oxygen atoms in total. The van der Waals surface area contributed by atoms with Crippen molar-refractivity contribution in [3.8, 4) is 22.6 Å². The van der Waals surface area contributed by atoms with Gasteiger partial charge in [0.05, 0.1) is 14.2 Å². The smallest absolute Gasteiger partial charge is 0.225 e. The van der Waals surface area contributed by atoms with E-state index in [0.29, 0.717) is 31.1 Å². The average Bonchev–Trinajstić information content (AvgIpc) is 2.66. The standard InChI is InChI=1S/C22H30N2O3/c1-22(2,3)21(25)24-12-11-23-15-17-13-19(26-4)20(27-5)14-18(17)16-9-7-6-8-10-16/h6-10,13-14,23H,11-12,15H2,1-5H3,(H,24,25). The topological polar surface area (TPSA) is 59.6 Å². The molecule has 2 aromatic rings. The normalized spacial score (nSPS) is 11.1. The minimum Gasteiger partial charge on any atom is -0.493 e. The number of carbonyl (C=O) groups is 1. The highest BCUT2D eigenvalue weighted by Crippen LogP contribution is 2.35. The van der Waals surface area contributed by atoms with E-state index in [-0.39, 0.29) is 11.3 Å². The Morgan fingerprint density at radius 2 is 1.59 bits per heavy atom. The maximum atomic E-state index is 11.9. The van der Waals surface area contributed by atoms with Crippen LogP contribution in [0.3, 0.4) is 0 Å². The second-order valence-electron chi connectivity index (χ2n) is 7.41. The third kappa shape index (κ3) is 5.73. The Balaban J connectivity index is 2.09. The van der Waals surface area contributed by atoms with E-state index in [1.165, 1.54) is 0 Å². The maximum absolute atomic E-state index is 11.9. The molecule has 2 rings (SSSR count). The van der Waals surface area contributed by atoms with Gasteiger partial charge in [0.25, 0.3) is 0 Å². The van der Waals surface area contributed by atoms with E-state index in [4.69, 9.17) is 9.47 Å². The van der Waals surface area contributed by atoms with Gasteiger partial charge in [0.2, 0.25) is 5.91 Å². The fourth-order valence-electron chi connectivity index (χ4n) is 2.71. The molecule has 0 aliphatic carbocycles. The number of amides is 1. The molecule has 0 radical (unpaired) electrons. The first-order valence-corrected chi connectivity index (χ1v) is 9.16. The van der Waals surface area contributed by atoms with E-state index in [0.717, 1.165) is 16.7 Å². The van der Waals surface area contributed by atoms with Crippen molar-refractivity contribution in [1.29, 1.82) is 0 Å². The van der Waals surface area contributed by atoms with E-state index >= 15 is 0 Å². The van der Waals surface area contributed by atoms with Crippen LogP contribution in [-0.2, 0) is 11.3 Å². The summed E-state index contributed by atoms with van der Waals surface area (Å²) < 4.78 is 10.9. The summed E-state index contributed by atoms with van der Waals surface area (Å²) in [7, 11) is 3.28. The van der Waals surface area contributed by atoms with E-state index in [2.05, 4.69) is 22.8 Å². The molecule has 0 atom stereocenters. The van der Waals surface area contributed by atoms with Crippen molar-refractivity contribution in [2.75, 3.05) is 27.3 Å². The summed E-state index contributed by atoms with van der Waals surface area (Å²) in [6.45, 7) is 7.66. The van der Waals surface area contributed by atoms with Gasteiger partial charge in [-0.3, -0.25) is 4.79 Å². The van der Waals surface area contributed by atoms with Gasteiger partial charge in [-0.1, -0.05) is 51.1 Å². The molecule has 0 spiro atoms. The first-order chi connectivity index (χ1) is 12.9. The van der Waals surface area contributed by atoms with Crippen molar-refractivity contribution >= 4 is 5.91 Å². The third-order valence-electron chi connectivity index (χ3n) is 4.28. The van der Waals surface area contributed by atoms with Crippen LogP contribution in [-0.4, -0.2) is 33.2 Å². The van der Waals surface area contributed by atoms with Crippen LogP contribution in [0.4, 0.5) is 0 Å². The van der Waals surface area contributed by atoms with E-state index < -0.39 is 0 Å². The molecule has 0 aliphatic heterocycles. The Hall–Kier alpha value is -2.53. The lowest BCUT2D eigenvalue weighted by Gasteiger charge is -2.18. The predicted octanol–water partition coefficient (Wildman–Crippen LogP) is 3.62. The van der Waals surface area contributed by atoms with Crippen molar-refractivity contribution in [2.24, 2.45) is 5.41 Å². The summed E-state index contributed by atoms with van der Waals surface area (Å²) in [5.74, 6) is 1.47. The number of hydrogen-bond donors (Lipinski definition) is 2. The molecule has 0 saturated heterocycles. The number of carbonyl (C=O) groups excluding carboxylic acids is 1. The zero-order valence-corrected chi connectivity index (χ0v) is 16.9. The average molecular weight is 370 g/mol. The highest BCUT2D eigenvalue weighted by Gasteiger charge is 2.20. The zero-order chi connectivity index (χ0) is 19.9. The molecule has 0 saturated carbocycles. The van der Waals surface area contributed by atoms with Crippen LogP contribution in [0.25, 0.3) is 11.1 Å². The van der Waals surface area contributed by atoms with Gasteiger partial charge in [0, 0.05) is 25.0 Å². The SMILES string of the molecule is COc1cc(CNCCNC(=O)C(C)(C)C)c(-c2ccccc2)cc1OC. The van der Waals surface area contributed by atoms with Gasteiger partial charge in [-0.15, -0.1) is 0 Å². The predicted molar refractivity (Wildman–Crippen MR) is 109 cm³/mol. The van der Waals surface area contributed by atoms with Crippen LogP contribution in [0.5, 0.6) is 11.5 Å². The summed E-state index contributed by atoms with van der Waals surface area (Å²) in [5.41, 5.74) is 2.96. The second kappa shape index (κ2) is 9.42. The van der Waals surface area contributed by atoms with Gasteiger partial charge in [0.1, 0.15) is 0 Å². The van der Waals surface area contributed by atoms with Crippen molar-refractivity contribution in [1.82, 2.24) is 10.6 Å². The molecule has 2 N–H and O–H groups in total. The largest absolute Gasteiger partial charge is 0.493 e. The lowest BCUT2D eigenvalue weighted by atomic mass is 9.96. The lowest BCUT2D eigenvalue weighted by Crippen LogP contribution is -2.38. The van der Waals surface area contributed by atoms with Gasteiger partial charge in [0.15, 0.2) is 11.5 Å². The molecule has 0 unspecified atom stereocenters. The Morgan fingerprint density at radius 3 is 2.19 bits per heavy atom. The Morgan fingerprint density at radius 1 is 0.963 bits per heavy atom. The number of nitrogens with one attached hydrogen (secondary N) is 2. The molecule has 0 fully saturated rings. The van der Waals surface area contributed by atoms with Crippen LogP contribution >= 0.6 is 0 Å². The number of methoxy groups -OCH3 is 2. The molecule has 0 heterocycles. The number of benzene rings is 2. The monoisotopic (exact) mass is 370 g/mol. The first-order valence-electron chi connectivity index (χ1n) is 9.16. The summed E-state index contributed by atoms with van der Waals surface area (Å²) in [6.07, 6.45) is 0. The molecule has 5 heteroatoms.